The van der Waals surface area contributed by atoms with Crippen LogP contribution in [0.25, 0.3) is 0 Å². The number of hydrogen-bond donors (Lipinski definition) is 0. The van der Waals surface area contributed by atoms with Crippen molar-refractivity contribution in [1.29, 1.82) is 0 Å². The second kappa shape index (κ2) is 5.75. The minimum Gasteiger partial charge on any atom is -0.344 e. The highest BCUT2D eigenvalue weighted by Gasteiger charge is 2.15. The maximum absolute atomic E-state index is 13.2. The van der Waals surface area contributed by atoms with E-state index in [1.54, 1.807) is 6.07 Å². The lowest BCUT2D eigenvalue weighted by atomic mass is 10.2. The summed E-state index contributed by atoms with van der Waals surface area (Å²) >= 11 is 5.57. The molecular weight excluding hydrogens is 284 g/mol. The number of hydrogen-bond acceptors (Lipinski definition) is 1. The molecule has 1 aromatic heterocycles. The lowest BCUT2D eigenvalue weighted by molar-refractivity contribution is 0.102. The summed E-state index contributed by atoms with van der Waals surface area (Å²) in [4.78, 5) is 11.7. The highest BCUT2D eigenvalue weighted by atomic mass is 35.5. The normalized spacial score (nSPS) is 10.8. The highest BCUT2D eigenvalue weighted by Crippen LogP contribution is 2.19. The summed E-state index contributed by atoms with van der Waals surface area (Å²) in [7, 11) is 0. The Labute approximate surface area is 121 Å². The molecule has 0 amide bonds. The summed E-state index contributed by atoms with van der Waals surface area (Å²) in [6, 6.07) is 5.56. The van der Waals surface area contributed by atoms with Crippen LogP contribution in [0.5, 0.6) is 0 Å². The van der Waals surface area contributed by atoms with E-state index in [4.69, 9.17) is 11.6 Å². The molecule has 106 valence electrons. The summed E-state index contributed by atoms with van der Waals surface area (Å²) < 4.78 is 28.0. The quantitative estimate of drug-likeness (QED) is 0.620. The molecule has 0 aliphatic heterocycles. The summed E-state index contributed by atoms with van der Waals surface area (Å²) in [5.74, 6) is -1.96. The molecule has 0 spiro atoms. The number of aryl methyl sites for hydroxylation is 1. The molecule has 5 heteroatoms. The number of benzene rings is 1. The largest absolute Gasteiger partial charge is 0.344 e. The van der Waals surface area contributed by atoms with E-state index >= 15 is 0 Å². The molecule has 0 aliphatic carbocycles. The van der Waals surface area contributed by atoms with Crippen molar-refractivity contribution >= 4 is 17.4 Å². The second-order valence-corrected chi connectivity index (χ2v) is 4.94. The van der Waals surface area contributed by atoms with Gasteiger partial charge in [-0.05, 0) is 37.6 Å². The first-order valence-electron chi connectivity index (χ1n) is 6.14. The summed E-state index contributed by atoms with van der Waals surface area (Å²) in [5, 5.41) is 0. The van der Waals surface area contributed by atoms with Gasteiger partial charge in [0.25, 0.3) is 0 Å². The Bertz CT molecular complexity index is 664. The molecule has 0 bridgehead atoms. The van der Waals surface area contributed by atoms with Crippen LogP contribution in [-0.2, 0) is 6.54 Å². The fraction of sp³-hybridized carbons (Fsp3) is 0.267. The zero-order valence-electron chi connectivity index (χ0n) is 11.2. The van der Waals surface area contributed by atoms with Gasteiger partial charge in [-0.25, -0.2) is 8.78 Å². The van der Waals surface area contributed by atoms with Gasteiger partial charge in [-0.2, -0.15) is 0 Å². The zero-order chi connectivity index (χ0) is 14.9. The van der Waals surface area contributed by atoms with E-state index in [1.165, 1.54) is 6.07 Å². The van der Waals surface area contributed by atoms with Gasteiger partial charge in [0, 0.05) is 23.5 Å². The van der Waals surface area contributed by atoms with Crippen molar-refractivity contribution in [2.45, 2.75) is 20.4 Å². The van der Waals surface area contributed by atoms with Gasteiger partial charge in [-0.1, -0.05) is 6.07 Å². The first-order chi connectivity index (χ1) is 9.43. The number of nitrogens with zero attached hydrogens (tertiary/aromatic N) is 1. The van der Waals surface area contributed by atoms with Crippen LogP contribution in [0.2, 0.25) is 0 Å². The lowest BCUT2D eigenvalue weighted by Crippen LogP contribution is -2.07. The maximum Gasteiger partial charge on any atom is 0.179 e. The molecule has 0 atom stereocenters. The molecule has 1 heterocycles. The predicted molar refractivity (Wildman–Crippen MR) is 74.4 cm³/mol. The molecule has 2 nitrogen and oxygen atoms in total. The van der Waals surface area contributed by atoms with Gasteiger partial charge in [0.1, 0.15) is 0 Å². The molecular formula is C15H14ClF2NO. The third kappa shape index (κ3) is 2.75. The molecule has 0 saturated carbocycles. The van der Waals surface area contributed by atoms with Crippen LogP contribution in [-0.4, -0.2) is 16.2 Å². The van der Waals surface area contributed by atoms with Crippen molar-refractivity contribution in [2.75, 3.05) is 5.88 Å². The molecule has 1 aromatic carbocycles. The number of Topliss-reactive ketones (excluding diaryl/α,β-unsaturated/α-hetero) is 1. The van der Waals surface area contributed by atoms with Crippen molar-refractivity contribution in [3.8, 4) is 0 Å². The Hall–Kier alpha value is -1.68. The zero-order valence-corrected chi connectivity index (χ0v) is 12.0. The van der Waals surface area contributed by atoms with Crippen LogP contribution in [0.4, 0.5) is 8.78 Å². The average molecular weight is 298 g/mol. The number of ketones is 1. The molecule has 2 aromatic rings. The van der Waals surface area contributed by atoms with Crippen molar-refractivity contribution in [3.05, 3.63) is 58.4 Å². The monoisotopic (exact) mass is 297 g/mol. The Morgan fingerprint density at radius 3 is 2.50 bits per heavy atom. The van der Waals surface area contributed by atoms with Gasteiger partial charge in [0.2, 0.25) is 0 Å². The Morgan fingerprint density at radius 1 is 1.20 bits per heavy atom. The predicted octanol–water partition coefficient (Wildman–Crippen LogP) is 3.85. The van der Waals surface area contributed by atoms with Gasteiger partial charge in [-0.15, -0.1) is 11.6 Å². The molecule has 0 fully saturated rings. The summed E-state index contributed by atoms with van der Waals surface area (Å²) in [6.45, 7) is 4.05. The van der Waals surface area contributed by atoms with Crippen LogP contribution < -0.4 is 0 Å². The lowest BCUT2D eigenvalue weighted by Gasteiger charge is -2.10. The van der Waals surface area contributed by atoms with Crippen LogP contribution in [0.1, 0.15) is 27.3 Å². The highest BCUT2D eigenvalue weighted by molar-refractivity contribution is 6.30. The number of alkyl halides is 1. The third-order valence-corrected chi connectivity index (χ3v) is 3.56. The number of rotatable bonds is 4. The molecule has 0 N–H and O–H groups in total. The Kier molecular flexibility index (Phi) is 4.23. The van der Waals surface area contributed by atoms with Crippen molar-refractivity contribution < 1.29 is 13.6 Å². The molecule has 0 unspecified atom stereocenters. The van der Waals surface area contributed by atoms with E-state index in [-0.39, 0.29) is 11.7 Å². The van der Waals surface area contributed by atoms with Gasteiger partial charge in [0.05, 0.1) is 5.88 Å². The van der Waals surface area contributed by atoms with Crippen LogP contribution in [0.3, 0.4) is 0 Å². The number of halogens is 3. The van der Waals surface area contributed by atoms with E-state index in [2.05, 4.69) is 0 Å². The fourth-order valence-corrected chi connectivity index (χ4v) is 2.36. The number of aromatic nitrogens is 1. The topological polar surface area (TPSA) is 22.0 Å². The second-order valence-electron chi connectivity index (χ2n) is 4.68. The minimum atomic E-state index is -0.873. The molecule has 0 radical (unpaired) electrons. The average Bonchev–Trinajstić information content (AvgIpc) is 2.70. The van der Waals surface area contributed by atoms with Crippen molar-refractivity contribution in [1.82, 2.24) is 4.57 Å². The summed E-state index contributed by atoms with van der Waals surface area (Å²) in [5.41, 5.74) is 2.86. The van der Waals surface area contributed by atoms with Gasteiger partial charge >= 0.3 is 0 Å². The molecule has 2 rings (SSSR count). The van der Waals surface area contributed by atoms with Crippen molar-refractivity contribution in [3.63, 3.8) is 0 Å². The molecule has 0 aliphatic rings. The van der Waals surface area contributed by atoms with Crippen LogP contribution in [0, 0.1) is 25.5 Å². The van der Waals surface area contributed by atoms with E-state index in [1.807, 2.05) is 18.4 Å². The van der Waals surface area contributed by atoms with E-state index in [9.17, 15) is 13.6 Å². The first kappa shape index (κ1) is 14.7. The Balaban J connectivity index is 2.36. The van der Waals surface area contributed by atoms with Gasteiger partial charge < -0.3 is 4.57 Å². The fourth-order valence-electron chi connectivity index (χ4n) is 2.22. The van der Waals surface area contributed by atoms with Crippen LogP contribution >= 0.6 is 11.6 Å². The number of carbonyl (C=O) groups is 1. The third-order valence-electron chi connectivity index (χ3n) is 3.32. The Morgan fingerprint density at radius 2 is 1.90 bits per heavy atom. The summed E-state index contributed by atoms with van der Waals surface area (Å²) in [6.07, 6.45) is 0. The van der Waals surface area contributed by atoms with Gasteiger partial charge in [0.15, 0.2) is 17.4 Å². The minimum absolute atomic E-state index is 0.0739. The number of carbonyl (C=O) groups excluding carboxylic acids is 1. The molecule has 0 saturated heterocycles. The SMILES string of the molecule is Cc1cc(C(=O)CCl)c(C)n1Cc1ccc(F)c(F)c1. The van der Waals surface area contributed by atoms with Crippen LogP contribution in [0.15, 0.2) is 24.3 Å². The smallest absolute Gasteiger partial charge is 0.179 e. The maximum atomic E-state index is 13.2. The molecule has 20 heavy (non-hydrogen) atoms. The van der Waals surface area contributed by atoms with E-state index < -0.39 is 11.6 Å². The van der Waals surface area contributed by atoms with E-state index in [0.29, 0.717) is 17.7 Å². The standard InChI is InChI=1S/C15H14ClF2NO/c1-9-5-12(15(20)7-16)10(2)19(9)8-11-3-4-13(17)14(18)6-11/h3-6H,7-8H2,1-2H3. The van der Waals surface area contributed by atoms with Crippen molar-refractivity contribution in [2.24, 2.45) is 0 Å². The van der Waals surface area contributed by atoms with E-state index in [0.717, 1.165) is 23.5 Å². The first-order valence-corrected chi connectivity index (χ1v) is 6.67. The van der Waals surface area contributed by atoms with Gasteiger partial charge in [-0.3, -0.25) is 4.79 Å².